The highest BCUT2D eigenvalue weighted by molar-refractivity contribution is 5.92. The number of carbonyl (C=O) groups excluding carboxylic acids is 1. The van der Waals surface area contributed by atoms with E-state index in [1.807, 2.05) is 25.1 Å². The van der Waals surface area contributed by atoms with Crippen LogP contribution in [0.3, 0.4) is 0 Å². The molecule has 0 bridgehead atoms. The van der Waals surface area contributed by atoms with E-state index < -0.39 is 12.5 Å². The number of amides is 1. The van der Waals surface area contributed by atoms with Crippen LogP contribution in [-0.2, 0) is 6.54 Å². The maximum atomic E-state index is 12.5. The number of hydrogen-bond donors (Lipinski definition) is 1. The Morgan fingerprint density at radius 3 is 2.83 bits per heavy atom. The molecule has 1 aromatic carbocycles. The average Bonchev–Trinajstić information content (AvgIpc) is 3.13. The number of aromatic amines is 1. The van der Waals surface area contributed by atoms with E-state index in [0.29, 0.717) is 10.5 Å². The minimum absolute atomic E-state index is 0.0277. The van der Waals surface area contributed by atoms with Gasteiger partial charge < -0.3 is 9.88 Å². The van der Waals surface area contributed by atoms with E-state index in [0.717, 1.165) is 22.8 Å². The summed E-state index contributed by atoms with van der Waals surface area (Å²) in [7, 11) is 1.57. The molecule has 8 heteroatoms. The predicted octanol–water partition coefficient (Wildman–Crippen LogP) is 2.74. The Balaban J connectivity index is 1.77. The number of alkyl halides is 2. The monoisotopic (exact) mass is 319 g/mol. The first-order valence-corrected chi connectivity index (χ1v) is 6.98. The van der Waals surface area contributed by atoms with Gasteiger partial charge in [0, 0.05) is 13.2 Å². The minimum Gasteiger partial charge on any atom is -0.340 e. The van der Waals surface area contributed by atoms with Crippen LogP contribution in [0.15, 0.2) is 30.5 Å². The normalized spacial score (nSPS) is 11.3. The molecule has 3 rings (SSSR count). The Labute approximate surface area is 130 Å². The third kappa shape index (κ3) is 2.92. The van der Waals surface area contributed by atoms with Gasteiger partial charge in [0.05, 0.1) is 17.6 Å². The molecule has 0 spiro atoms. The highest BCUT2D eigenvalue weighted by atomic mass is 19.3. The number of carbonyl (C=O) groups is 1. The second-order valence-corrected chi connectivity index (χ2v) is 5.27. The lowest BCUT2D eigenvalue weighted by molar-refractivity contribution is 0.0553. The molecule has 1 N–H and O–H groups in total. The van der Waals surface area contributed by atoms with E-state index in [-0.39, 0.29) is 12.2 Å². The van der Waals surface area contributed by atoms with Gasteiger partial charge in [0.1, 0.15) is 5.82 Å². The first-order chi connectivity index (χ1) is 11.0. The van der Waals surface area contributed by atoms with Crippen LogP contribution in [0.4, 0.5) is 8.78 Å². The first kappa shape index (κ1) is 15.1. The van der Waals surface area contributed by atoms with Gasteiger partial charge in [0.15, 0.2) is 5.69 Å². The molecule has 0 unspecified atom stereocenters. The molecule has 0 saturated heterocycles. The van der Waals surface area contributed by atoms with Crippen LogP contribution in [0, 0.1) is 6.92 Å². The second-order valence-electron chi connectivity index (χ2n) is 5.27. The van der Waals surface area contributed by atoms with Gasteiger partial charge in [0.25, 0.3) is 5.91 Å². The number of halogens is 2. The summed E-state index contributed by atoms with van der Waals surface area (Å²) in [6, 6.07) is 7.06. The molecule has 0 fully saturated rings. The number of hydrogen-bond acceptors (Lipinski definition) is 3. The average molecular weight is 319 g/mol. The topological polar surface area (TPSA) is 66.8 Å². The van der Waals surface area contributed by atoms with Gasteiger partial charge in [-0.2, -0.15) is 13.9 Å². The Bertz CT molecular complexity index is 855. The third-order valence-electron chi connectivity index (χ3n) is 3.52. The lowest BCUT2D eigenvalue weighted by Crippen LogP contribution is -2.27. The van der Waals surface area contributed by atoms with Crippen LogP contribution in [0.5, 0.6) is 0 Å². The van der Waals surface area contributed by atoms with Crippen LogP contribution in [0.1, 0.15) is 28.4 Å². The molecular formula is C15H15F2N5O. The summed E-state index contributed by atoms with van der Waals surface area (Å²) in [6.45, 7) is -0.576. The zero-order valence-corrected chi connectivity index (χ0v) is 12.6. The summed E-state index contributed by atoms with van der Waals surface area (Å²) in [5, 5.41) is 3.57. The van der Waals surface area contributed by atoms with E-state index in [1.165, 1.54) is 11.0 Å². The molecule has 2 heterocycles. The van der Waals surface area contributed by atoms with Gasteiger partial charge in [-0.3, -0.25) is 4.79 Å². The molecule has 0 aliphatic heterocycles. The standard InChI is InChI=1S/C15H15F2N5O/c1-9-4-3-5-10-13(9)19-12(18-10)8-21(2)14(23)11-6-7-22(20-11)15(16)17/h3-7,15H,8H2,1-2H3,(H,18,19). The number of rotatable bonds is 4. The molecule has 0 saturated carbocycles. The van der Waals surface area contributed by atoms with Crippen molar-refractivity contribution in [3.63, 3.8) is 0 Å². The number of aryl methyl sites for hydroxylation is 1. The fraction of sp³-hybridized carbons (Fsp3) is 0.267. The second kappa shape index (κ2) is 5.79. The van der Waals surface area contributed by atoms with Gasteiger partial charge in [-0.25, -0.2) is 9.67 Å². The molecule has 0 atom stereocenters. The maximum absolute atomic E-state index is 12.5. The molecule has 6 nitrogen and oxygen atoms in total. The zero-order chi connectivity index (χ0) is 16.6. The van der Waals surface area contributed by atoms with E-state index >= 15 is 0 Å². The number of nitrogens with one attached hydrogen (secondary N) is 1. The van der Waals surface area contributed by atoms with Crippen molar-refractivity contribution >= 4 is 16.9 Å². The Morgan fingerprint density at radius 2 is 2.17 bits per heavy atom. The van der Waals surface area contributed by atoms with Crippen LogP contribution < -0.4 is 0 Å². The van der Waals surface area contributed by atoms with E-state index in [2.05, 4.69) is 15.1 Å². The SMILES string of the molecule is Cc1cccc2[nH]c(CN(C)C(=O)c3ccn(C(F)F)n3)nc12. The zero-order valence-electron chi connectivity index (χ0n) is 12.6. The predicted molar refractivity (Wildman–Crippen MR) is 80.1 cm³/mol. The summed E-state index contributed by atoms with van der Waals surface area (Å²) in [6.07, 6.45) is 1.08. The van der Waals surface area contributed by atoms with Gasteiger partial charge in [-0.1, -0.05) is 12.1 Å². The van der Waals surface area contributed by atoms with E-state index in [9.17, 15) is 13.6 Å². The van der Waals surface area contributed by atoms with Crippen molar-refractivity contribution in [1.29, 1.82) is 0 Å². The number of H-pyrrole nitrogens is 1. The van der Waals surface area contributed by atoms with E-state index in [1.54, 1.807) is 7.05 Å². The molecule has 1 amide bonds. The number of benzene rings is 1. The number of nitrogens with zero attached hydrogens (tertiary/aromatic N) is 4. The Hall–Kier alpha value is -2.77. The largest absolute Gasteiger partial charge is 0.340 e. The van der Waals surface area contributed by atoms with Crippen molar-refractivity contribution in [2.75, 3.05) is 7.05 Å². The summed E-state index contributed by atoms with van der Waals surface area (Å²) in [5.41, 5.74) is 2.75. The number of aromatic nitrogens is 4. The minimum atomic E-state index is -2.76. The van der Waals surface area contributed by atoms with Crippen molar-refractivity contribution in [1.82, 2.24) is 24.6 Å². The van der Waals surface area contributed by atoms with Crippen LogP contribution in [0.25, 0.3) is 11.0 Å². The smallest absolute Gasteiger partial charge is 0.333 e. The molecule has 3 aromatic rings. The molecule has 0 aliphatic carbocycles. The fourth-order valence-electron chi connectivity index (χ4n) is 2.35. The summed E-state index contributed by atoms with van der Waals surface area (Å²) in [4.78, 5) is 21.2. The molecule has 23 heavy (non-hydrogen) atoms. The van der Waals surface area contributed by atoms with Crippen molar-refractivity contribution in [3.05, 3.63) is 47.5 Å². The maximum Gasteiger partial charge on any atom is 0.333 e. The molecular weight excluding hydrogens is 304 g/mol. The van der Waals surface area contributed by atoms with Crippen molar-refractivity contribution in [2.45, 2.75) is 20.0 Å². The number of fused-ring (bicyclic) bond motifs is 1. The third-order valence-corrected chi connectivity index (χ3v) is 3.52. The lowest BCUT2D eigenvalue weighted by Gasteiger charge is -2.13. The van der Waals surface area contributed by atoms with Crippen LogP contribution >= 0.6 is 0 Å². The van der Waals surface area contributed by atoms with Crippen molar-refractivity contribution in [2.24, 2.45) is 0 Å². The highest BCUT2D eigenvalue weighted by Crippen LogP contribution is 2.16. The summed E-state index contributed by atoms with van der Waals surface area (Å²) < 4.78 is 25.5. The summed E-state index contributed by atoms with van der Waals surface area (Å²) >= 11 is 0. The number of para-hydroxylation sites is 1. The molecule has 0 aliphatic rings. The quantitative estimate of drug-likeness (QED) is 0.804. The molecule has 120 valence electrons. The Kier molecular flexibility index (Phi) is 3.81. The lowest BCUT2D eigenvalue weighted by atomic mass is 10.2. The summed E-state index contributed by atoms with van der Waals surface area (Å²) in [5.74, 6) is 0.181. The molecule has 2 aromatic heterocycles. The molecule has 0 radical (unpaired) electrons. The van der Waals surface area contributed by atoms with Gasteiger partial charge in [0.2, 0.25) is 0 Å². The van der Waals surface area contributed by atoms with Crippen molar-refractivity contribution in [3.8, 4) is 0 Å². The van der Waals surface area contributed by atoms with Gasteiger partial charge in [-0.05, 0) is 24.6 Å². The van der Waals surface area contributed by atoms with Crippen LogP contribution in [-0.4, -0.2) is 37.6 Å². The Morgan fingerprint density at radius 1 is 1.39 bits per heavy atom. The van der Waals surface area contributed by atoms with Gasteiger partial charge >= 0.3 is 6.55 Å². The first-order valence-electron chi connectivity index (χ1n) is 6.98. The van der Waals surface area contributed by atoms with Gasteiger partial charge in [-0.15, -0.1) is 0 Å². The fourth-order valence-corrected chi connectivity index (χ4v) is 2.35. The van der Waals surface area contributed by atoms with Crippen LogP contribution in [0.2, 0.25) is 0 Å². The van der Waals surface area contributed by atoms with Crippen molar-refractivity contribution < 1.29 is 13.6 Å². The van der Waals surface area contributed by atoms with E-state index in [4.69, 9.17) is 0 Å². The number of imidazole rings is 1. The highest BCUT2D eigenvalue weighted by Gasteiger charge is 2.18.